The smallest absolute Gasteiger partial charge is 0.260 e. The van der Waals surface area contributed by atoms with Crippen molar-refractivity contribution in [2.45, 2.75) is 37.3 Å². The Bertz CT molecular complexity index is 903. The number of rotatable bonds is 4. The number of carbonyl (C=O) groups is 1. The lowest BCUT2D eigenvalue weighted by molar-refractivity contribution is -0.138. The van der Waals surface area contributed by atoms with Gasteiger partial charge in [0.05, 0.1) is 11.9 Å². The Labute approximate surface area is 160 Å². The maximum absolute atomic E-state index is 13.4. The van der Waals surface area contributed by atoms with E-state index in [-0.39, 0.29) is 24.4 Å². The van der Waals surface area contributed by atoms with Crippen molar-refractivity contribution < 1.29 is 13.6 Å². The maximum atomic E-state index is 13.4. The first-order valence-electron chi connectivity index (χ1n) is 9.44. The maximum Gasteiger partial charge on any atom is 0.260 e. The van der Waals surface area contributed by atoms with E-state index in [9.17, 15) is 13.6 Å². The summed E-state index contributed by atoms with van der Waals surface area (Å²) in [5, 5.41) is 7.23. The number of piperazine rings is 1. The fourth-order valence-corrected chi connectivity index (χ4v) is 4.31. The zero-order chi connectivity index (χ0) is 19.5. The van der Waals surface area contributed by atoms with E-state index in [0.717, 1.165) is 24.3 Å². The molecule has 1 saturated carbocycles. The predicted octanol–water partition coefficient (Wildman–Crippen LogP) is 1.79. The van der Waals surface area contributed by atoms with Crippen LogP contribution in [0.1, 0.15) is 19.3 Å². The van der Waals surface area contributed by atoms with Crippen molar-refractivity contribution in [3.63, 3.8) is 0 Å². The van der Waals surface area contributed by atoms with E-state index < -0.39 is 11.8 Å². The normalized spacial score (nSPS) is 27.8. The van der Waals surface area contributed by atoms with Crippen LogP contribution in [0.2, 0.25) is 0 Å². The lowest BCUT2D eigenvalue weighted by Crippen LogP contribution is -2.56. The average Bonchev–Trinajstić information content (AvgIpc) is 2.96. The molecule has 8 nitrogen and oxygen atoms in total. The summed E-state index contributed by atoms with van der Waals surface area (Å²) in [5.74, 6) is -3.07. The highest BCUT2D eigenvalue weighted by molar-refractivity contribution is 5.84. The van der Waals surface area contributed by atoms with Crippen LogP contribution in [-0.4, -0.2) is 61.7 Å². The molecule has 5 rings (SSSR count). The van der Waals surface area contributed by atoms with Crippen molar-refractivity contribution in [2.75, 3.05) is 23.3 Å². The number of amides is 1. The summed E-state index contributed by atoms with van der Waals surface area (Å²) in [6, 6.07) is 1.76. The molecule has 1 unspecified atom stereocenters. The van der Waals surface area contributed by atoms with Crippen molar-refractivity contribution in [2.24, 2.45) is 13.0 Å². The molecule has 3 atom stereocenters. The van der Waals surface area contributed by atoms with Gasteiger partial charge in [-0.3, -0.25) is 9.48 Å². The van der Waals surface area contributed by atoms with Crippen molar-refractivity contribution >= 4 is 23.4 Å². The van der Waals surface area contributed by atoms with Crippen molar-refractivity contribution in [3.8, 4) is 0 Å². The summed E-state index contributed by atoms with van der Waals surface area (Å²) in [6.07, 6.45) is 6.59. The van der Waals surface area contributed by atoms with Crippen molar-refractivity contribution in [3.05, 3.63) is 24.7 Å². The highest BCUT2D eigenvalue weighted by Gasteiger charge is 2.64. The number of alkyl halides is 2. The number of nitrogens with one attached hydrogen (secondary N) is 1. The Balaban J connectivity index is 1.30. The third kappa shape index (κ3) is 2.96. The zero-order valence-electron chi connectivity index (χ0n) is 15.4. The minimum Gasteiger partial charge on any atom is -0.352 e. The van der Waals surface area contributed by atoms with Gasteiger partial charge >= 0.3 is 0 Å². The lowest BCUT2D eigenvalue weighted by atomic mass is 10.1. The minimum atomic E-state index is -2.81. The monoisotopic (exact) mass is 389 g/mol. The predicted molar refractivity (Wildman–Crippen MR) is 97.4 cm³/mol. The summed E-state index contributed by atoms with van der Waals surface area (Å²) in [7, 11) is 1.83. The van der Waals surface area contributed by atoms with Crippen LogP contribution >= 0.6 is 0 Å². The number of hydrogen-bond acceptors (Lipinski definition) is 6. The van der Waals surface area contributed by atoms with Crippen LogP contribution in [0.5, 0.6) is 0 Å². The van der Waals surface area contributed by atoms with Crippen LogP contribution in [0.3, 0.4) is 0 Å². The fourth-order valence-electron chi connectivity index (χ4n) is 4.31. The van der Waals surface area contributed by atoms with Gasteiger partial charge in [-0.2, -0.15) is 10.1 Å². The van der Waals surface area contributed by atoms with Crippen LogP contribution in [-0.2, 0) is 11.8 Å². The first-order valence-corrected chi connectivity index (χ1v) is 9.44. The molecule has 2 aromatic rings. The molecule has 148 valence electrons. The van der Waals surface area contributed by atoms with E-state index in [1.165, 1.54) is 0 Å². The highest BCUT2D eigenvalue weighted by Crippen LogP contribution is 2.51. The molecule has 3 fully saturated rings. The van der Waals surface area contributed by atoms with Gasteiger partial charge in [0.15, 0.2) is 0 Å². The highest BCUT2D eigenvalue weighted by atomic mass is 19.3. The number of aromatic nitrogens is 4. The minimum absolute atomic E-state index is 0.0349. The van der Waals surface area contributed by atoms with Gasteiger partial charge in [-0.15, -0.1) is 0 Å². The Morgan fingerprint density at radius 2 is 2.00 bits per heavy atom. The largest absolute Gasteiger partial charge is 0.352 e. The summed E-state index contributed by atoms with van der Waals surface area (Å²) >= 11 is 0. The molecule has 2 aromatic heterocycles. The van der Waals surface area contributed by atoms with Gasteiger partial charge in [0.2, 0.25) is 11.9 Å². The van der Waals surface area contributed by atoms with E-state index >= 15 is 0 Å². The van der Waals surface area contributed by atoms with Gasteiger partial charge in [0.1, 0.15) is 11.7 Å². The van der Waals surface area contributed by atoms with Crippen LogP contribution in [0.4, 0.5) is 26.2 Å². The summed E-state index contributed by atoms with van der Waals surface area (Å²) in [6.45, 7) is 1.20. The van der Waals surface area contributed by atoms with Crippen molar-refractivity contribution in [1.29, 1.82) is 0 Å². The second kappa shape index (κ2) is 6.11. The Kier molecular flexibility index (Phi) is 3.78. The molecule has 2 aliphatic heterocycles. The van der Waals surface area contributed by atoms with Gasteiger partial charge in [-0.25, -0.2) is 13.8 Å². The first-order chi connectivity index (χ1) is 13.4. The number of anilines is 3. The standard InChI is InChI=1S/C18H21F2N7O/c1-25-8-11(7-22-25)23-17-21-5-4-15(24-17)26-9-12-2-3-13(10-26)27(12)16(28)14-6-18(14,19)20/h4-5,7-8,12-14H,2-3,6,9-10H2,1H3,(H,21,23,24)/t12-,13+,14?. The molecule has 1 N–H and O–H groups in total. The molecule has 28 heavy (non-hydrogen) atoms. The molecular formula is C18H21F2N7O. The summed E-state index contributed by atoms with van der Waals surface area (Å²) < 4.78 is 28.4. The molecule has 1 aliphatic carbocycles. The quantitative estimate of drug-likeness (QED) is 0.859. The van der Waals surface area contributed by atoms with E-state index in [1.807, 2.05) is 19.3 Å². The van der Waals surface area contributed by atoms with E-state index in [4.69, 9.17) is 0 Å². The van der Waals surface area contributed by atoms with Gasteiger partial charge in [0, 0.05) is 51.0 Å². The summed E-state index contributed by atoms with van der Waals surface area (Å²) in [5.41, 5.74) is 0.792. The number of nitrogens with zero attached hydrogens (tertiary/aromatic N) is 6. The Morgan fingerprint density at radius 3 is 2.61 bits per heavy atom. The SMILES string of the molecule is Cn1cc(Nc2nccc(N3C[C@H]4CC[C@@H](C3)N4C(=O)C3CC3(F)F)n2)cn1. The number of fused-ring (bicyclic) bond motifs is 2. The van der Waals surface area contributed by atoms with Crippen LogP contribution in [0.15, 0.2) is 24.7 Å². The van der Waals surface area contributed by atoms with E-state index in [1.54, 1.807) is 22.0 Å². The van der Waals surface area contributed by atoms with E-state index in [0.29, 0.717) is 19.0 Å². The third-order valence-corrected chi connectivity index (χ3v) is 5.79. The van der Waals surface area contributed by atoms with Crippen molar-refractivity contribution in [1.82, 2.24) is 24.6 Å². The van der Waals surface area contributed by atoms with Gasteiger partial charge in [-0.05, 0) is 18.9 Å². The van der Waals surface area contributed by atoms with Crippen LogP contribution < -0.4 is 10.2 Å². The van der Waals surface area contributed by atoms with Gasteiger partial charge in [-0.1, -0.05) is 0 Å². The number of hydrogen-bond donors (Lipinski definition) is 1. The van der Waals surface area contributed by atoms with E-state index in [2.05, 4.69) is 25.3 Å². The average molecular weight is 389 g/mol. The first kappa shape index (κ1) is 17.3. The second-order valence-corrected chi connectivity index (χ2v) is 7.82. The van der Waals surface area contributed by atoms with Crippen LogP contribution in [0.25, 0.3) is 0 Å². The molecule has 2 bridgehead atoms. The Hall–Kier alpha value is -2.78. The molecule has 10 heteroatoms. The second-order valence-electron chi connectivity index (χ2n) is 7.82. The van der Waals surface area contributed by atoms with Crippen LogP contribution in [0, 0.1) is 5.92 Å². The molecule has 1 amide bonds. The zero-order valence-corrected chi connectivity index (χ0v) is 15.4. The molecule has 0 radical (unpaired) electrons. The molecule has 2 saturated heterocycles. The number of halogens is 2. The van der Waals surface area contributed by atoms with Gasteiger partial charge < -0.3 is 15.1 Å². The number of aryl methyl sites for hydroxylation is 1. The third-order valence-electron chi connectivity index (χ3n) is 5.79. The molecule has 0 aromatic carbocycles. The molecule has 4 heterocycles. The lowest BCUT2D eigenvalue weighted by Gasteiger charge is -2.41. The topological polar surface area (TPSA) is 79.2 Å². The molecule has 3 aliphatic rings. The number of carbonyl (C=O) groups excluding carboxylic acids is 1. The fraction of sp³-hybridized carbons (Fsp3) is 0.556. The van der Waals surface area contributed by atoms with Gasteiger partial charge in [0.25, 0.3) is 5.92 Å². The Morgan fingerprint density at radius 1 is 1.29 bits per heavy atom. The summed E-state index contributed by atoms with van der Waals surface area (Å²) in [4.78, 5) is 25.2. The molecule has 0 spiro atoms. The molecular weight excluding hydrogens is 368 g/mol.